The van der Waals surface area contributed by atoms with E-state index in [0.29, 0.717) is 11.5 Å². The third-order valence-corrected chi connectivity index (χ3v) is 2.01. The van der Waals surface area contributed by atoms with Crippen LogP contribution in [0.15, 0.2) is 28.8 Å². The molecule has 0 fully saturated rings. The third kappa shape index (κ3) is 2.20. The highest BCUT2D eigenvalue weighted by molar-refractivity contribution is 5.89. The minimum absolute atomic E-state index is 0.0865. The molecule has 5 nitrogen and oxygen atoms in total. The summed E-state index contributed by atoms with van der Waals surface area (Å²) in [5.74, 6) is 0.567. The van der Waals surface area contributed by atoms with Gasteiger partial charge in [-0.2, -0.15) is 0 Å². The van der Waals surface area contributed by atoms with Crippen LogP contribution in [0.25, 0.3) is 11.3 Å². The summed E-state index contributed by atoms with van der Waals surface area (Å²) >= 11 is 0. The summed E-state index contributed by atoms with van der Waals surface area (Å²) < 4.78 is 4.94. The van der Waals surface area contributed by atoms with Gasteiger partial charge in [0.1, 0.15) is 11.5 Å². The predicted molar refractivity (Wildman–Crippen MR) is 61.0 cm³/mol. The Hall–Kier alpha value is -2.30. The van der Waals surface area contributed by atoms with Crippen molar-refractivity contribution in [3.05, 3.63) is 36.1 Å². The standard InChI is InChI=1S/C11H11N4O/c1-7-6-10(15-16-7)8-2-4-9(5-3-8)14-11(12)13/h2-5H,1H3,(H4,12,13,14). The second-order valence-electron chi connectivity index (χ2n) is 3.33. The normalized spacial score (nSPS) is 10.1. The van der Waals surface area contributed by atoms with Crippen molar-refractivity contribution in [3.8, 4) is 11.3 Å². The Kier molecular flexibility index (Phi) is 2.59. The highest BCUT2D eigenvalue weighted by Gasteiger charge is 2.04. The molecule has 5 heteroatoms. The Morgan fingerprint density at radius 2 is 2.12 bits per heavy atom. The zero-order chi connectivity index (χ0) is 11.5. The van der Waals surface area contributed by atoms with Crippen molar-refractivity contribution < 1.29 is 4.52 Å². The van der Waals surface area contributed by atoms with E-state index in [1.165, 1.54) is 0 Å². The van der Waals surface area contributed by atoms with E-state index in [1.807, 2.05) is 24.3 Å². The molecule has 4 N–H and O–H groups in total. The van der Waals surface area contributed by atoms with E-state index in [9.17, 15) is 0 Å². The summed E-state index contributed by atoms with van der Waals surface area (Å²) in [4.78, 5) is 0. The van der Waals surface area contributed by atoms with Crippen LogP contribution in [0.1, 0.15) is 5.76 Å². The maximum atomic E-state index is 7.09. The molecule has 0 aliphatic heterocycles. The number of aromatic nitrogens is 1. The smallest absolute Gasteiger partial charge is 0.190 e. The molecule has 1 radical (unpaired) electrons. The average molecular weight is 215 g/mol. The van der Waals surface area contributed by atoms with E-state index in [1.54, 1.807) is 6.92 Å². The lowest BCUT2D eigenvalue weighted by molar-refractivity contribution is 0.399. The first-order valence-corrected chi connectivity index (χ1v) is 4.72. The number of rotatable bonds is 2. The monoisotopic (exact) mass is 215 g/mol. The summed E-state index contributed by atoms with van der Waals surface area (Å²) in [6.07, 6.45) is 0. The molecule has 2 rings (SSSR count). The lowest BCUT2D eigenvalue weighted by Gasteiger charge is -2.03. The molecule has 0 bridgehead atoms. The fraction of sp³-hybridized carbons (Fsp3) is 0.0909. The van der Waals surface area contributed by atoms with Crippen LogP contribution in [0.3, 0.4) is 0 Å². The molecule has 1 aromatic carbocycles. The molecule has 0 amide bonds. The SMILES string of the molecule is Cc1[c]c(-c2ccc(NC(=N)N)cc2)no1. The molecule has 0 aliphatic carbocycles. The van der Waals surface area contributed by atoms with Crippen molar-refractivity contribution in [2.24, 2.45) is 5.73 Å². The van der Waals surface area contributed by atoms with Crippen molar-refractivity contribution in [1.82, 2.24) is 5.16 Å². The van der Waals surface area contributed by atoms with E-state index in [4.69, 9.17) is 15.7 Å². The highest BCUT2D eigenvalue weighted by atomic mass is 16.5. The van der Waals surface area contributed by atoms with E-state index < -0.39 is 0 Å². The summed E-state index contributed by atoms with van der Waals surface area (Å²) in [5, 5.41) is 13.6. The quantitative estimate of drug-likeness (QED) is 0.526. The summed E-state index contributed by atoms with van der Waals surface area (Å²) in [6.45, 7) is 1.79. The van der Waals surface area contributed by atoms with Crippen molar-refractivity contribution in [3.63, 3.8) is 0 Å². The highest BCUT2D eigenvalue weighted by Crippen LogP contribution is 2.20. The predicted octanol–water partition coefficient (Wildman–Crippen LogP) is 1.76. The van der Waals surface area contributed by atoms with Gasteiger partial charge in [-0.05, 0) is 19.1 Å². The topological polar surface area (TPSA) is 87.9 Å². The van der Waals surface area contributed by atoms with Gasteiger partial charge in [-0.15, -0.1) is 0 Å². The minimum Gasteiger partial charge on any atom is -0.370 e. The van der Waals surface area contributed by atoms with Gasteiger partial charge in [0.2, 0.25) is 0 Å². The molecular formula is C11H11N4O. The van der Waals surface area contributed by atoms with E-state index in [2.05, 4.69) is 16.5 Å². The first-order valence-electron chi connectivity index (χ1n) is 4.72. The third-order valence-electron chi connectivity index (χ3n) is 2.01. The van der Waals surface area contributed by atoms with Gasteiger partial charge in [-0.3, -0.25) is 5.41 Å². The molecule has 81 valence electrons. The van der Waals surface area contributed by atoms with Gasteiger partial charge < -0.3 is 15.6 Å². The Labute approximate surface area is 92.8 Å². The van der Waals surface area contributed by atoms with Crippen LogP contribution >= 0.6 is 0 Å². The number of aryl methyl sites for hydroxylation is 1. The fourth-order valence-electron chi connectivity index (χ4n) is 1.32. The minimum atomic E-state index is -0.0865. The van der Waals surface area contributed by atoms with Crippen molar-refractivity contribution >= 4 is 11.6 Å². The number of benzene rings is 1. The van der Waals surface area contributed by atoms with Gasteiger partial charge in [0, 0.05) is 11.3 Å². The molecule has 0 saturated carbocycles. The Bertz CT molecular complexity index is 501. The maximum Gasteiger partial charge on any atom is 0.190 e. The number of nitrogens with one attached hydrogen (secondary N) is 2. The van der Waals surface area contributed by atoms with Crippen LogP contribution in [0.2, 0.25) is 0 Å². The van der Waals surface area contributed by atoms with Crippen LogP contribution in [0.4, 0.5) is 5.69 Å². The number of nitrogens with two attached hydrogens (primary N) is 1. The molecule has 0 unspecified atom stereocenters. The number of nitrogens with zero attached hydrogens (tertiary/aromatic N) is 1. The Morgan fingerprint density at radius 1 is 1.44 bits per heavy atom. The first kappa shape index (κ1) is 10.2. The van der Waals surface area contributed by atoms with Crippen molar-refractivity contribution in [1.29, 1.82) is 5.41 Å². The van der Waals surface area contributed by atoms with Gasteiger partial charge in [-0.1, -0.05) is 17.3 Å². The zero-order valence-electron chi connectivity index (χ0n) is 8.74. The Balaban J connectivity index is 2.22. The molecule has 0 spiro atoms. The molecule has 0 saturated heterocycles. The lowest BCUT2D eigenvalue weighted by Crippen LogP contribution is -2.20. The van der Waals surface area contributed by atoms with Crippen molar-refractivity contribution in [2.45, 2.75) is 6.92 Å². The average Bonchev–Trinajstić information content (AvgIpc) is 2.65. The largest absolute Gasteiger partial charge is 0.370 e. The molecule has 1 heterocycles. The number of guanidine groups is 1. The van der Waals surface area contributed by atoms with E-state index in [-0.39, 0.29) is 5.96 Å². The van der Waals surface area contributed by atoms with Gasteiger partial charge in [-0.25, -0.2) is 0 Å². The van der Waals surface area contributed by atoms with E-state index in [0.717, 1.165) is 11.3 Å². The Morgan fingerprint density at radius 3 is 2.62 bits per heavy atom. The van der Waals surface area contributed by atoms with Crippen LogP contribution in [0, 0.1) is 18.4 Å². The van der Waals surface area contributed by atoms with Gasteiger partial charge in [0.05, 0.1) is 6.07 Å². The number of anilines is 1. The molecule has 0 aliphatic rings. The van der Waals surface area contributed by atoms with Gasteiger partial charge >= 0.3 is 0 Å². The molecule has 16 heavy (non-hydrogen) atoms. The van der Waals surface area contributed by atoms with Crippen LogP contribution in [0.5, 0.6) is 0 Å². The van der Waals surface area contributed by atoms with E-state index >= 15 is 0 Å². The van der Waals surface area contributed by atoms with Gasteiger partial charge in [0.15, 0.2) is 5.96 Å². The maximum absolute atomic E-state index is 7.09. The van der Waals surface area contributed by atoms with Gasteiger partial charge in [0.25, 0.3) is 0 Å². The molecular weight excluding hydrogens is 204 g/mol. The lowest BCUT2D eigenvalue weighted by atomic mass is 10.1. The molecule has 1 aromatic heterocycles. The first-order chi connectivity index (χ1) is 7.65. The van der Waals surface area contributed by atoms with Crippen molar-refractivity contribution in [2.75, 3.05) is 5.32 Å². The second kappa shape index (κ2) is 4.06. The van der Waals surface area contributed by atoms with Crippen LogP contribution in [-0.2, 0) is 0 Å². The van der Waals surface area contributed by atoms with Crippen LogP contribution in [-0.4, -0.2) is 11.1 Å². The molecule has 2 aromatic rings. The fourth-order valence-corrected chi connectivity index (χ4v) is 1.32. The summed E-state index contributed by atoms with van der Waals surface area (Å²) in [5.41, 5.74) is 7.56. The second-order valence-corrected chi connectivity index (χ2v) is 3.33. The summed E-state index contributed by atoms with van der Waals surface area (Å²) in [7, 11) is 0. The zero-order valence-corrected chi connectivity index (χ0v) is 8.74. The van der Waals surface area contributed by atoms with Crippen LogP contribution < -0.4 is 11.1 Å². The number of hydrogen-bond acceptors (Lipinski definition) is 3. The molecule has 0 atom stereocenters. The summed E-state index contributed by atoms with van der Waals surface area (Å²) in [6, 6.07) is 10.3. The number of hydrogen-bond donors (Lipinski definition) is 3.